The quantitative estimate of drug-likeness (QED) is 0.0605. The van der Waals surface area contributed by atoms with E-state index < -0.39 is 5.54 Å². The van der Waals surface area contributed by atoms with E-state index >= 15 is 0 Å². The van der Waals surface area contributed by atoms with Crippen molar-refractivity contribution in [3.8, 4) is 37.0 Å². The molecule has 0 aromatic heterocycles. The van der Waals surface area contributed by atoms with Crippen molar-refractivity contribution in [3.05, 3.63) is 35.4 Å². The second kappa shape index (κ2) is 30.7. The van der Waals surface area contributed by atoms with E-state index in [0.717, 1.165) is 32.1 Å². The summed E-state index contributed by atoms with van der Waals surface area (Å²) in [6.07, 6.45) is 21.3. The van der Waals surface area contributed by atoms with E-state index in [1.165, 1.54) is 5.56 Å². The van der Waals surface area contributed by atoms with Crippen LogP contribution in [0.15, 0.2) is 24.3 Å². The first-order valence-corrected chi connectivity index (χ1v) is 20.1. The van der Waals surface area contributed by atoms with Gasteiger partial charge in [0.1, 0.15) is 13.2 Å². The summed E-state index contributed by atoms with van der Waals surface area (Å²) in [4.78, 5) is 53.1. The van der Waals surface area contributed by atoms with Crippen molar-refractivity contribution in [2.24, 2.45) is 5.92 Å². The Morgan fingerprint density at radius 1 is 0.667 bits per heavy atom. The molecule has 314 valence electrons. The highest BCUT2D eigenvalue weighted by Crippen LogP contribution is 2.40. The van der Waals surface area contributed by atoms with Gasteiger partial charge < -0.3 is 45.0 Å². The van der Waals surface area contributed by atoms with Gasteiger partial charge in [0.15, 0.2) is 0 Å². The molecule has 57 heavy (non-hydrogen) atoms. The minimum atomic E-state index is -1.07. The number of carbonyl (C=O) groups is 4. The van der Waals surface area contributed by atoms with E-state index in [9.17, 15) is 19.2 Å². The average molecular weight is 793 g/mol. The van der Waals surface area contributed by atoms with Gasteiger partial charge in [-0.15, -0.1) is 25.2 Å². The molecule has 0 aliphatic heterocycles. The Labute approximate surface area is 340 Å². The highest BCUT2D eigenvalue weighted by Gasteiger charge is 2.34. The standard InChI is InChI=1S/C44H64N4O9/c1-5-9-36(4)10-8-28-55-29-23-45-40(49)17-20-44(21-18-41(50)46-24-30-56-34-32-53-26-6-2,22-19-42(51)47-25-31-57-35-33-54-27-7-3)48-43(52)39-15-13-38(14-16-39)37-11-12-37/h1-3,13-16,36-37H,8-12,17-35H2,4H3,(H,45,49)(H,46,50)(H,47,51)(H,48,52). The van der Waals surface area contributed by atoms with E-state index in [4.69, 9.17) is 43.0 Å². The Morgan fingerprint density at radius 2 is 1.12 bits per heavy atom. The lowest BCUT2D eigenvalue weighted by Gasteiger charge is -2.35. The number of hydrogen-bond acceptors (Lipinski definition) is 9. The molecule has 13 heteroatoms. The number of amides is 4. The minimum Gasteiger partial charge on any atom is -0.380 e. The number of nitrogens with one attached hydrogen (secondary N) is 4. The SMILES string of the molecule is C#CCOCCOCCNC(=O)CCC(CCC(=O)NCCOCCCC(C)CC#C)(CCC(=O)NCCOCCOCC#C)NC(=O)c1ccc(C2CC2)cc1. The maximum absolute atomic E-state index is 13.8. The third-order valence-corrected chi connectivity index (χ3v) is 9.36. The Morgan fingerprint density at radius 3 is 1.56 bits per heavy atom. The zero-order valence-corrected chi connectivity index (χ0v) is 33.8. The molecule has 1 unspecified atom stereocenters. The number of carbonyl (C=O) groups excluding carboxylic acids is 4. The zero-order valence-electron chi connectivity index (χ0n) is 33.8. The first-order chi connectivity index (χ1) is 27.7. The molecule has 0 heterocycles. The number of benzene rings is 1. The van der Waals surface area contributed by atoms with Crippen LogP contribution in [0.4, 0.5) is 0 Å². The lowest BCUT2D eigenvalue weighted by molar-refractivity contribution is -0.121. The molecule has 1 saturated carbocycles. The molecular formula is C44H64N4O9. The van der Waals surface area contributed by atoms with Gasteiger partial charge in [-0.25, -0.2) is 0 Å². The molecule has 1 fully saturated rings. The van der Waals surface area contributed by atoms with Crippen molar-refractivity contribution in [3.63, 3.8) is 0 Å². The lowest BCUT2D eigenvalue weighted by atomic mass is 9.82. The number of hydrogen-bond donors (Lipinski definition) is 4. The monoisotopic (exact) mass is 792 g/mol. The van der Waals surface area contributed by atoms with Gasteiger partial charge in [0.2, 0.25) is 17.7 Å². The normalized spacial score (nSPS) is 12.7. The van der Waals surface area contributed by atoms with E-state index in [1.54, 1.807) is 12.1 Å². The van der Waals surface area contributed by atoms with Crippen LogP contribution in [0.25, 0.3) is 0 Å². The van der Waals surface area contributed by atoms with Crippen molar-refractivity contribution in [2.75, 3.05) is 85.7 Å². The fourth-order valence-electron chi connectivity index (χ4n) is 5.95. The highest BCUT2D eigenvalue weighted by molar-refractivity contribution is 5.95. The van der Waals surface area contributed by atoms with E-state index in [0.29, 0.717) is 63.6 Å². The molecule has 1 aliphatic rings. The Bertz CT molecular complexity index is 1400. The second-order valence-electron chi connectivity index (χ2n) is 14.2. The summed E-state index contributed by atoms with van der Waals surface area (Å²) in [5.74, 6) is 7.34. The molecule has 0 spiro atoms. The molecular weight excluding hydrogens is 729 g/mol. The first-order valence-electron chi connectivity index (χ1n) is 20.1. The molecule has 1 atom stereocenters. The van der Waals surface area contributed by atoms with Crippen LogP contribution in [-0.2, 0) is 38.1 Å². The summed E-state index contributed by atoms with van der Waals surface area (Å²) < 4.78 is 27.0. The smallest absolute Gasteiger partial charge is 0.251 e. The summed E-state index contributed by atoms with van der Waals surface area (Å²) in [5.41, 5.74) is 0.581. The van der Waals surface area contributed by atoms with Gasteiger partial charge in [0.05, 0.1) is 46.2 Å². The Hall–Kier alpha value is -4.42. The Balaban J connectivity index is 2.08. The molecule has 1 aromatic rings. The van der Waals surface area contributed by atoms with Crippen molar-refractivity contribution in [2.45, 2.75) is 89.0 Å². The number of ether oxygens (including phenoxy) is 5. The van der Waals surface area contributed by atoms with E-state index in [2.05, 4.69) is 46.0 Å². The third-order valence-electron chi connectivity index (χ3n) is 9.36. The molecule has 0 bridgehead atoms. The van der Waals surface area contributed by atoms with Gasteiger partial charge in [-0.2, -0.15) is 0 Å². The van der Waals surface area contributed by atoms with Crippen LogP contribution in [-0.4, -0.2) is 115 Å². The third kappa shape index (κ3) is 24.1. The van der Waals surface area contributed by atoms with Crippen LogP contribution < -0.4 is 21.3 Å². The molecule has 13 nitrogen and oxygen atoms in total. The number of terminal acetylenes is 3. The largest absolute Gasteiger partial charge is 0.380 e. The average Bonchev–Trinajstić information content (AvgIpc) is 4.06. The summed E-state index contributed by atoms with van der Waals surface area (Å²) in [6, 6.07) is 7.53. The van der Waals surface area contributed by atoms with Gasteiger partial charge in [-0.05, 0) is 74.5 Å². The topological polar surface area (TPSA) is 163 Å². The molecule has 4 amide bonds. The molecule has 4 N–H and O–H groups in total. The predicted octanol–water partition coefficient (Wildman–Crippen LogP) is 3.51. The van der Waals surface area contributed by atoms with Gasteiger partial charge >= 0.3 is 0 Å². The predicted molar refractivity (Wildman–Crippen MR) is 219 cm³/mol. The Kier molecular flexibility index (Phi) is 26.2. The fourth-order valence-corrected chi connectivity index (χ4v) is 5.95. The summed E-state index contributed by atoms with van der Waals surface area (Å²) in [7, 11) is 0. The summed E-state index contributed by atoms with van der Waals surface area (Å²) in [5, 5.41) is 11.8. The molecule has 1 aromatic carbocycles. The van der Waals surface area contributed by atoms with Crippen molar-refractivity contribution in [1.82, 2.24) is 21.3 Å². The van der Waals surface area contributed by atoms with Crippen LogP contribution in [0.1, 0.15) is 99.4 Å². The zero-order chi connectivity index (χ0) is 41.4. The van der Waals surface area contributed by atoms with Gasteiger partial charge in [0, 0.05) is 63.0 Å². The van der Waals surface area contributed by atoms with Crippen LogP contribution >= 0.6 is 0 Å². The van der Waals surface area contributed by atoms with E-state index in [1.807, 2.05) is 12.1 Å². The van der Waals surface area contributed by atoms with Crippen molar-refractivity contribution < 1.29 is 42.9 Å². The molecule has 1 aliphatic carbocycles. The molecule has 0 saturated heterocycles. The molecule has 0 radical (unpaired) electrons. The summed E-state index contributed by atoms with van der Waals surface area (Å²) >= 11 is 0. The summed E-state index contributed by atoms with van der Waals surface area (Å²) in [6.45, 7) is 6.25. The van der Waals surface area contributed by atoms with Crippen LogP contribution in [0.5, 0.6) is 0 Å². The van der Waals surface area contributed by atoms with Gasteiger partial charge in [-0.3, -0.25) is 19.2 Å². The fraction of sp³-hybridized carbons (Fsp3) is 0.636. The van der Waals surface area contributed by atoms with Crippen LogP contribution in [0, 0.1) is 42.9 Å². The maximum atomic E-state index is 13.8. The van der Waals surface area contributed by atoms with Crippen molar-refractivity contribution in [1.29, 1.82) is 0 Å². The van der Waals surface area contributed by atoms with Crippen molar-refractivity contribution >= 4 is 23.6 Å². The van der Waals surface area contributed by atoms with Gasteiger partial charge in [-0.1, -0.05) is 30.9 Å². The second-order valence-corrected chi connectivity index (χ2v) is 14.2. The van der Waals surface area contributed by atoms with E-state index in [-0.39, 0.29) is 102 Å². The van der Waals surface area contributed by atoms with Crippen LogP contribution in [0.3, 0.4) is 0 Å². The van der Waals surface area contributed by atoms with Crippen LogP contribution in [0.2, 0.25) is 0 Å². The lowest BCUT2D eigenvalue weighted by Crippen LogP contribution is -2.50. The highest BCUT2D eigenvalue weighted by atomic mass is 16.5. The minimum absolute atomic E-state index is 0.0405. The first kappa shape index (κ1) is 48.7. The number of rotatable bonds is 34. The molecule has 2 rings (SSSR count). The maximum Gasteiger partial charge on any atom is 0.251 e. The van der Waals surface area contributed by atoms with Gasteiger partial charge in [0.25, 0.3) is 5.91 Å².